The second kappa shape index (κ2) is 6.85. The number of nitrogens with one attached hydrogen (secondary N) is 1. The molecule has 0 aliphatic rings. The van der Waals surface area contributed by atoms with E-state index in [1.54, 1.807) is 54.8 Å². The standard InChI is InChI=1S/C19H13ClN4O2/c20-13-3-1-4-15(11-13)24-22-17-8-6-14(12-18(17)23-24)21-19(25)9-7-16-5-2-10-26-16/h1-12H,(H,21,25)/b9-7-. The molecule has 0 atom stereocenters. The molecule has 0 saturated heterocycles. The minimum Gasteiger partial charge on any atom is -0.465 e. The van der Waals surface area contributed by atoms with Gasteiger partial charge in [-0.2, -0.15) is 4.80 Å². The summed E-state index contributed by atoms with van der Waals surface area (Å²) in [6.07, 6.45) is 4.56. The van der Waals surface area contributed by atoms with Crippen molar-refractivity contribution >= 4 is 40.3 Å². The predicted octanol–water partition coefficient (Wildman–Crippen LogP) is 4.32. The Morgan fingerprint density at radius 1 is 1.08 bits per heavy atom. The first-order chi connectivity index (χ1) is 12.7. The van der Waals surface area contributed by atoms with Gasteiger partial charge >= 0.3 is 0 Å². The largest absolute Gasteiger partial charge is 0.465 e. The molecule has 4 aromatic rings. The first-order valence-corrected chi connectivity index (χ1v) is 8.21. The SMILES string of the molecule is O=C(/C=C\c1ccco1)Nc1ccc2nn(-c3cccc(Cl)c3)nc2c1. The molecule has 0 fully saturated rings. The van der Waals surface area contributed by atoms with E-state index in [1.807, 2.05) is 12.1 Å². The fourth-order valence-corrected chi connectivity index (χ4v) is 2.62. The van der Waals surface area contributed by atoms with Crippen molar-refractivity contribution in [2.24, 2.45) is 0 Å². The van der Waals surface area contributed by atoms with Crippen LogP contribution < -0.4 is 5.32 Å². The van der Waals surface area contributed by atoms with Crippen LogP contribution in [0.4, 0.5) is 5.69 Å². The number of benzene rings is 2. The highest BCUT2D eigenvalue weighted by molar-refractivity contribution is 6.30. The molecule has 7 heteroatoms. The Morgan fingerprint density at radius 2 is 1.96 bits per heavy atom. The van der Waals surface area contributed by atoms with Gasteiger partial charge in [0.05, 0.1) is 12.0 Å². The van der Waals surface area contributed by atoms with Crippen LogP contribution in [0.2, 0.25) is 5.02 Å². The fourth-order valence-electron chi connectivity index (χ4n) is 2.44. The topological polar surface area (TPSA) is 73.0 Å². The van der Waals surface area contributed by atoms with Crippen molar-refractivity contribution in [3.63, 3.8) is 0 Å². The van der Waals surface area contributed by atoms with Gasteiger partial charge in [-0.3, -0.25) is 4.79 Å². The summed E-state index contributed by atoms with van der Waals surface area (Å²) in [5.74, 6) is 0.350. The van der Waals surface area contributed by atoms with Crippen molar-refractivity contribution in [2.75, 3.05) is 5.32 Å². The second-order valence-corrected chi connectivity index (χ2v) is 5.95. The number of furan rings is 1. The van der Waals surface area contributed by atoms with E-state index in [0.717, 1.165) is 5.69 Å². The molecule has 2 aromatic carbocycles. The summed E-state index contributed by atoms with van der Waals surface area (Å²) in [7, 11) is 0. The number of halogens is 1. The van der Waals surface area contributed by atoms with Gasteiger partial charge < -0.3 is 9.73 Å². The van der Waals surface area contributed by atoms with Gasteiger partial charge in [0.25, 0.3) is 0 Å². The zero-order chi connectivity index (χ0) is 17.9. The minimum absolute atomic E-state index is 0.261. The molecule has 0 spiro atoms. The van der Waals surface area contributed by atoms with Gasteiger partial charge in [0.1, 0.15) is 16.8 Å². The number of hydrogen-bond donors (Lipinski definition) is 1. The monoisotopic (exact) mass is 364 g/mol. The number of carbonyl (C=O) groups excluding carboxylic acids is 1. The second-order valence-electron chi connectivity index (χ2n) is 5.51. The van der Waals surface area contributed by atoms with E-state index in [9.17, 15) is 4.79 Å². The molecule has 0 radical (unpaired) electrons. The molecular formula is C19H13ClN4O2. The van der Waals surface area contributed by atoms with E-state index in [1.165, 1.54) is 10.9 Å². The Labute approximate surface area is 153 Å². The third-order valence-corrected chi connectivity index (χ3v) is 3.86. The zero-order valence-electron chi connectivity index (χ0n) is 13.5. The van der Waals surface area contributed by atoms with Crippen LogP contribution in [0, 0.1) is 0 Å². The molecule has 0 aliphatic carbocycles. The van der Waals surface area contributed by atoms with E-state index in [0.29, 0.717) is 27.5 Å². The Morgan fingerprint density at radius 3 is 2.77 bits per heavy atom. The van der Waals surface area contributed by atoms with E-state index in [-0.39, 0.29) is 5.91 Å². The smallest absolute Gasteiger partial charge is 0.248 e. The molecule has 0 unspecified atom stereocenters. The maximum atomic E-state index is 12.0. The molecule has 2 heterocycles. The average molecular weight is 365 g/mol. The molecule has 1 N–H and O–H groups in total. The lowest BCUT2D eigenvalue weighted by Gasteiger charge is -2.00. The van der Waals surface area contributed by atoms with Crippen LogP contribution in [0.3, 0.4) is 0 Å². The lowest BCUT2D eigenvalue weighted by Crippen LogP contribution is -2.07. The van der Waals surface area contributed by atoms with Gasteiger partial charge in [-0.15, -0.1) is 10.2 Å². The molecule has 0 bridgehead atoms. The lowest BCUT2D eigenvalue weighted by molar-refractivity contribution is -0.111. The molecule has 0 aliphatic heterocycles. The van der Waals surface area contributed by atoms with E-state index in [2.05, 4.69) is 15.5 Å². The Kier molecular flexibility index (Phi) is 4.25. The third-order valence-electron chi connectivity index (χ3n) is 3.63. The van der Waals surface area contributed by atoms with Crippen LogP contribution in [-0.4, -0.2) is 20.9 Å². The zero-order valence-corrected chi connectivity index (χ0v) is 14.2. The fraction of sp³-hybridized carbons (Fsp3) is 0. The predicted molar refractivity (Wildman–Crippen MR) is 100 cm³/mol. The molecule has 26 heavy (non-hydrogen) atoms. The van der Waals surface area contributed by atoms with Gasteiger partial charge in [0.2, 0.25) is 5.91 Å². The van der Waals surface area contributed by atoms with Crippen molar-refractivity contribution in [1.29, 1.82) is 0 Å². The Bertz CT molecular complexity index is 1100. The molecule has 0 saturated carbocycles. The molecule has 128 valence electrons. The maximum Gasteiger partial charge on any atom is 0.248 e. The third kappa shape index (κ3) is 3.50. The Hall–Kier alpha value is -3.38. The Balaban J connectivity index is 1.55. The number of fused-ring (bicyclic) bond motifs is 1. The van der Waals surface area contributed by atoms with E-state index < -0.39 is 0 Å². The maximum absolute atomic E-state index is 12.0. The van der Waals surface area contributed by atoms with Gasteiger partial charge in [-0.05, 0) is 54.6 Å². The summed E-state index contributed by atoms with van der Waals surface area (Å²) < 4.78 is 5.15. The van der Waals surface area contributed by atoms with Crippen LogP contribution in [0.25, 0.3) is 22.8 Å². The summed E-state index contributed by atoms with van der Waals surface area (Å²) >= 11 is 6.01. The minimum atomic E-state index is -0.261. The molecule has 2 aromatic heterocycles. The van der Waals surface area contributed by atoms with Gasteiger partial charge in [-0.1, -0.05) is 17.7 Å². The number of anilines is 1. The van der Waals surface area contributed by atoms with Gasteiger partial charge in [0.15, 0.2) is 0 Å². The van der Waals surface area contributed by atoms with Gasteiger partial charge in [-0.25, -0.2) is 0 Å². The lowest BCUT2D eigenvalue weighted by atomic mass is 10.2. The number of rotatable bonds is 4. The van der Waals surface area contributed by atoms with Gasteiger partial charge in [0, 0.05) is 16.8 Å². The molecule has 4 rings (SSSR count). The highest BCUT2D eigenvalue weighted by atomic mass is 35.5. The molecule has 1 amide bonds. The van der Waals surface area contributed by atoms with E-state index >= 15 is 0 Å². The van der Waals surface area contributed by atoms with E-state index in [4.69, 9.17) is 16.0 Å². The van der Waals surface area contributed by atoms with Crippen molar-refractivity contribution in [2.45, 2.75) is 0 Å². The van der Waals surface area contributed by atoms with Crippen molar-refractivity contribution in [3.8, 4) is 5.69 Å². The highest BCUT2D eigenvalue weighted by Gasteiger charge is 2.07. The van der Waals surface area contributed by atoms with Crippen LogP contribution in [0.15, 0.2) is 71.4 Å². The van der Waals surface area contributed by atoms with Crippen LogP contribution >= 0.6 is 11.6 Å². The quantitative estimate of drug-likeness (QED) is 0.547. The summed E-state index contributed by atoms with van der Waals surface area (Å²) in [6, 6.07) is 16.1. The summed E-state index contributed by atoms with van der Waals surface area (Å²) in [5.41, 5.74) is 2.78. The first kappa shape index (κ1) is 16.1. The summed E-state index contributed by atoms with van der Waals surface area (Å²) in [5, 5.41) is 12.3. The van der Waals surface area contributed by atoms with Crippen molar-refractivity contribution in [3.05, 3.63) is 77.7 Å². The van der Waals surface area contributed by atoms with Crippen LogP contribution in [0.5, 0.6) is 0 Å². The number of aromatic nitrogens is 3. The average Bonchev–Trinajstić information content (AvgIpc) is 3.29. The molecule has 6 nitrogen and oxygen atoms in total. The first-order valence-electron chi connectivity index (χ1n) is 7.83. The van der Waals surface area contributed by atoms with Crippen molar-refractivity contribution < 1.29 is 9.21 Å². The highest BCUT2D eigenvalue weighted by Crippen LogP contribution is 2.19. The summed E-state index contributed by atoms with van der Waals surface area (Å²) in [6.45, 7) is 0. The van der Waals surface area contributed by atoms with Crippen LogP contribution in [-0.2, 0) is 4.79 Å². The normalized spacial score (nSPS) is 11.3. The number of nitrogens with zero attached hydrogens (tertiary/aromatic N) is 3. The number of hydrogen-bond acceptors (Lipinski definition) is 4. The van der Waals surface area contributed by atoms with Crippen molar-refractivity contribution in [1.82, 2.24) is 15.0 Å². The molecular weight excluding hydrogens is 352 g/mol. The van der Waals surface area contributed by atoms with Crippen LogP contribution in [0.1, 0.15) is 5.76 Å². The summed E-state index contributed by atoms with van der Waals surface area (Å²) in [4.78, 5) is 13.5. The number of amides is 1. The number of carbonyl (C=O) groups is 1.